The Labute approximate surface area is 110 Å². The lowest BCUT2D eigenvalue weighted by atomic mass is 9.90. The molecule has 0 radical (unpaired) electrons. The van der Waals surface area contributed by atoms with Crippen molar-refractivity contribution in [3.05, 3.63) is 65.2 Å². The van der Waals surface area contributed by atoms with Crippen LogP contribution in [0.5, 0.6) is 5.75 Å². The SMILES string of the molecule is OCc1cccc(C2(c3ccc(O)cc3)OC2O)c1. The first-order chi connectivity index (χ1) is 9.16. The second-order valence-corrected chi connectivity index (χ2v) is 4.61. The summed E-state index contributed by atoms with van der Waals surface area (Å²) in [4.78, 5) is 0. The van der Waals surface area contributed by atoms with Gasteiger partial charge in [0.2, 0.25) is 0 Å². The van der Waals surface area contributed by atoms with Crippen molar-refractivity contribution >= 4 is 0 Å². The molecule has 1 fully saturated rings. The van der Waals surface area contributed by atoms with Crippen molar-refractivity contribution in [1.29, 1.82) is 0 Å². The minimum Gasteiger partial charge on any atom is -0.508 e. The lowest BCUT2D eigenvalue weighted by molar-refractivity contribution is 0.155. The highest BCUT2D eigenvalue weighted by Crippen LogP contribution is 2.50. The Morgan fingerprint density at radius 2 is 1.74 bits per heavy atom. The fourth-order valence-corrected chi connectivity index (χ4v) is 2.34. The maximum Gasteiger partial charge on any atom is 0.194 e. The van der Waals surface area contributed by atoms with Gasteiger partial charge >= 0.3 is 0 Å². The Hall–Kier alpha value is -1.88. The Balaban J connectivity index is 2.06. The third-order valence-corrected chi connectivity index (χ3v) is 3.42. The van der Waals surface area contributed by atoms with Gasteiger partial charge in [-0.1, -0.05) is 36.4 Å². The van der Waals surface area contributed by atoms with E-state index in [2.05, 4.69) is 0 Å². The molecule has 1 aliphatic heterocycles. The van der Waals surface area contributed by atoms with E-state index in [4.69, 9.17) is 4.74 Å². The van der Waals surface area contributed by atoms with Crippen molar-refractivity contribution in [3.63, 3.8) is 0 Å². The van der Waals surface area contributed by atoms with Gasteiger partial charge in [-0.2, -0.15) is 0 Å². The highest BCUT2D eigenvalue weighted by atomic mass is 16.7. The van der Waals surface area contributed by atoms with Gasteiger partial charge in [0.15, 0.2) is 11.9 Å². The zero-order valence-electron chi connectivity index (χ0n) is 10.2. The highest BCUT2D eigenvalue weighted by molar-refractivity contribution is 5.44. The molecule has 1 aliphatic rings. The smallest absolute Gasteiger partial charge is 0.194 e. The first kappa shape index (κ1) is 12.2. The Morgan fingerprint density at radius 1 is 1.05 bits per heavy atom. The molecule has 2 aromatic carbocycles. The summed E-state index contributed by atoms with van der Waals surface area (Å²) in [5.74, 6) is 0.165. The molecule has 0 bridgehead atoms. The van der Waals surface area contributed by atoms with Crippen LogP contribution in [0.1, 0.15) is 16.7 Å². The molecule has 0 aromatic heterocycles. The Kier molecular flexibility index (Phi) is 2.78. The van der Waals surface area contributed by atoms with Gasteiger partial charge in [-0.05, 0) is 28.8 Å². The van der Waals surface area contributed by atoms with E-state index in [0.29, 0.717) is 0 Å². The summed E-state index contributed by atoms with van der Waals surface area (Å²) < 4.78 is 5.41. The lowest BCUT2D eigenvalue weighted by Gasteiger charge is -2.14. The highest BCUT2D eigenvalue weighted by Gasteiger charge is 2.58. The largest absolute Gasteiger partial charge is 0.508 e. The lowest BCUT2D eigenvalue weighted by Crippen LogP contribution is -2.15. The van der Waals surface area contributed by atoms with E-state index in [-0.39, 0.29) is 12.4 Å². The first-order valence-corrected chi connectivity index (χ1v) is 6.02. The molecule has 0 saturated carbocycles. The molecule has 98 valence electrons. The van der Waals surface area contributed by atoms with E-state index < -0.39 is 11.9 Å². The molecule has 2 atom stereocenters. The standard InChI is InChI=1S/C15H14O4/c16-9-10-2-1-3-12(8-10)15(14(18)19-15)11-4-6-13(17)7-5-11/h1-8,14,16-18H,9H2. The summed E-state index contributed by atoms with van der Waals surface area (Å²) in [5, 5.41) is 28.4. The minimum atomic E-state index is -0.911. The zero-order valence-corrected chi connectivity index (χ0v) is 10.2. The molecule has 3 rings (SSSR count). The number of benzene rings is 2. The average Bonchev–Trinajstić information content (AvgIpc) is 3.12. The molecule has 1 saturated heterocycles. The van der Waals surface area contributed by atoms with Crippen molar-refractivity contribution in [2.24, 2.45) is 0 Å². The van der Waals surface area contributed by atoms with E-state index in [1.807, 2.05) is 24.3 Å². The number of ether oxygens (including phenoxy) is 1. The van der Waals surface area contributed by atoms with Gasteiger partial charge in [0.25, 0.3) is 0 Å². The van der Waals surface area contributed by atoms with Crippen molar-refractivity contribution in [2.45, 2.75) is 18.5 Å². The van der Waals surface area contributed by atoms with Gasteiger partial charge < -0.3 is 20.1 Å². The van der Waals surface area contributed by atoms with Crippen LogP contribution in [0.3, 0.4) is 0 Å². The summed E-state index contributed by atoms with van der Waals surface area (Å²) in [6.45, 7) is -0.0599. The summed E-state index contributed by atoms with van der Waals surface area (Å²) in [6, 6.07) is 13.8. The molecule has 19 heavy (non-hydrogen) atoms. The van der Waals surface area contributed by atoms with Crippen molar-refractivity contribution in [2.75, 3.05) is 0 Å². The van der Waals surface area contributed by atoms with Crippen LogP contribution in [0, 0.1) is 0 Å². The predicted molar refractivity (Wildman–Crippen MR) is 68.3 cm³/mol. The normalized spacial score (nSPS) is 25.3. The van der Waals surface area contributed by atoms with Gasteiger partial charge in [-0.25, -0.2) is 0 Å². The molecule has 0 amide bonds. The molecule has 0 spiro atoms. The quantitative estimate of drug-likeness (QED) is 0.729. The molecule has 0 aliphatic carbocycles. The van der Waals surface area contributed by atoms with Crippen molar-refractivity contribution in [3.8, 4) is 5.75 Å². The van der Waals surface area contributed by atoms with Crippen LogP contribution in [-0.2, 0) is 16.9 Å². The third kappa shape index (κ3) is 1.90. The summed E-state index contributed by atoms with van der Waals surface area (Å²) in [7, 11) is 0. The number of aromatic hydroxyl groups is 1. The molecule has 2 unspecified atom stereocenters. The van der Waals surface area contributed by atoms with Gasteiger partial charge in [-0.3, -0.25) is 0 Å². The maximum absolute atomic E-state index is 9.87. The van der Waals surface area contributed by atoms with Crippen LogP contribution in [0.4, 0.5) is 0 Å². The van der Waals surface area contributed by atoms with E-state index in [0.717, 1.165) is 16.7 Å². The topological polar surface area (TPSA) is 73.2 Å². The molecule has 1 heterocycles. The Morgan fingerprint density at radius 3 is 2.32 bits per heavy atom. The predicted octanol–water partition coefficient (Wildman–Crippen LogP) is 1.48. The number of phenols is 1. The van der Waals surface area contributed by atoms with Crippen LogP contribution in [-0.4, -0.2) is 21.6 Å². The monoisotopic (exact) mass is 258 g/mol. The van der Waals surface area contributed by atoms with Crippen molar-refractivity contribution in [1.82, 2.24) is 0 Å². The van der Waals surface area contributed by atoms with Crippen LogP contribution >= 0.6 is 0 Å². The fraction of sp³-hybridized carbons (Fsp3) is 0.200. The number of aliphatic hydroxyl groups excluding tert-OH is 2. The summed E-state index contributed by atoms with van der Waals surface area (Å²) >= 11 is 0. The Bertz CT molecular complexity index is 593. The zero-order chi connectivity index (χ0) is 13.5. The number of hydrogen-bond donors (Lipinski definition) is 3. The summed E-state index contributed by atoms with van der Waals surface area (Å²) in [6.07, 6.45) is -0.911. The number of phenolic OH excluding ortho intramolecular Hbond substituents is 1. The van der Waals surface area contributed by atoms with Gasteiger partial charge in [-0.15, -0.1) is 0 Å². The van der Waals surface area contributed by atoms with Crippen LogP contribution in [0.25, 0.3) is 0 Å². The molecular formula is C15H14O4. The number of hydrogen-bond acceptors (Lipinski definition) is 4. The molecule has 4 nitrogen and oxygen atoms in total. The summed E-state index contributed by atoms with van der Waals surface area (Å²) in [5.41, 5.74) is 1.43. The number of epoxide rings is 1. The second-order valence-electron chi connectivity index (χ2n) is 4.61. The van der Waals surface area contributed by atoms with E-state index in [1.54, 1.807) is 24.3 Å². The maximum atomic E-state index is 9.87. The molecule has 3 N–H and O–H groups in total. The van der Waals surface area contributed by atoms with E-state index >= 15 is 0 Å². The van der Waals surface area contributed by atoms with Gasteiger partial charge in [0.05, 0.1) is 6.61 Å². The average molecular weight is 258 g/mol. The van der Waals surface area contributed by atoms with Crippen molar-refractivity contribution < 1.29 is 20.1 Å². The molecular weight excluding hydrogens is 244 g/mol. The van der Waals surface area contributed by atoms with E-state index in [1.165, 1.54) is 0 Å². The van der Waals surface area contributed by atoms with Crippen LogP contribution in [0.15, 0.2) is 48.5 Å². The number of rotatable bonds is 3. The molecule has 2 aromatic rings. The first-order valence-electron chi connectivity index (χ1n) is 6.02. The van der Waals surface area contributed by atoms with E-state index in [9.17, 15) is 15.3 Å². The van der Waals surface area contributed by atoms with Crippen LogP contribution in [0.2, 0.25) is 0 Å². The van der Waals surface area contributed by atoms with Gasteiger partial charge in [0.1, 0.15) is 5.75 Å². The fourth-order valence-electron chi connectivity index (χ4n) is 2.34. The van der Waals surface area contributed by atoms with Gasteiger partial charge in [0, 0.05) is 0 Å². The molecule has 4 heteroatoms. The minimum absolute atomic E-state index is 0.0599. The second kappa shape index (κ2) is 4.35. The number of aliphatic hydroxyl groups is 2. The van der Waals surface area contributed by atoms with Crippen LogP contribution < -0.4 is 0 Å². The third-order valence-electron chi connectivity index (χ3n) is 3.42.